The minimum Gasteiger partial charge on any atom is -0.310 e. The number of nitrogens with zero attached hydrogens (tertiary/aromatic N) is 1. The molecule has 154 valence electrons. The Morgan fingerprint density at radius 1 is 0.406 bits per heavy atom. The van der Waals surface area contributed by atoms with Crippen LogP contribution in [-0.4, -0.2) is 0 Å². The number of rotatable bonds is 5. The monoisotopic (exact) mass is 475 g/mol. The highest BCUT2D eigenvalue weighted by Crippen LogP contribution is 2.38. The van der Waals surface area contributed by atoms with Gasteiger partial charge in [0.2, 0.25) is 0 Å². The first-order chi connectivity index (χ1) is 15.8. The van der Waals surface area contributed by atoms with Gasteiger partial charge in [-0.25, -0.2) is 0 Å². The van der Waals surface area contributed by atoms with Crippen molar-refractivity contribution in [3.8, 4) is 22.3 Å². The number of hydrogen-bond acceptors (Lipinski definition) is 1. The fourth-order valence-electron chi connectivity index (χ4n) is 4.06. The molecule has 5 aromatic carbocycles. The molecule has 0 aliphatic carbocycles. The third-order valence-electron chi connectivity index (χ3n) is 5.51. The van der Waals surface area contributed by atoms with E-state index in [1.165, 1.54) is 22.3 Å². The minimum absolute atomic E-state index is 1.08. The van der Waals surface area contributed by atoms with Gasteiger partial charge in [0, 0.05) is 21.5 Å². The van der Waals surface area contributed by atoms with Gasteiger partial charge in [0.05, 0.1) is 0 Å². The molecule has 0 aliphatic heterocycles. The molecule has 1 nitrogen and oxygen atoms in total. The van der Waals surface area contributed by atoms with Crippen LogP contribution in [0.15, 0.2) is 138 Å². The number of benzene rings is 5. The largest absolute Gasteiger partial charge is 0.310 e. The molecule has 5 rings (SSSR count). The zero-order valence-electron chi connectivity index (χ0n) is 17.5. The van der Waals surface area contributed by atoms with E-state index in [0.717, 1.165) is 21.5 Å². The van der Waals surface area contributed by atoms with E-state index >= 15 is 0 Å². The van der Waals surface area contributed by atoms with Crippen molar-refractivity contribution in [2.75, 3.05) is 4.90 Å². The van der Waals surface area contributed by atoms with Crippen LogP contribution in [0, 0.1) is 0 Å². The summed E-state index contributed by atoms with van der Waals surface area (Å²) in [7, 11) is 0. The molecule has 32 heavy (non-hydrogen) atoms. The van der Waals surface area contributed by atoms with Crippen molar-refractivity contribution in [3.05, 3.63) is 138 Å². The summed E-state index contributed by atoms with van der Waals surface area (Å²) in [6.07, 6.45) is 0. The van der Waals surface area contributed by atoms with Crippen molar-refractivity contribution in [1.82, 2.24) is 0 Å². The van der Waals surface area contributed by atoms with Gasteiger partial charge in [-0.15, -0.1) is 0 Å². The summed E-state index contributed by atoms with van der Waals surface area (Å²) in [6.45, 7) is 0. The lowest BCUT2D eigenvalue weighted by Gasteiger charge is -2.26. The Bertz CT molecular complexity index is 1290. The van der Waals surface area contributed by atoms with Crippen LogP contribution in [0.4, 0.5) is 17.1 Å². The van der Waals surface area contributed by atoms with Crippen molar-refractivity contribution in [2.45, 2.75) is 0 Å². The second-order valence-corrected chi connectivity index (χ2v) is 8.53. The first-order valence-electron chi connectivity index (χ1n) is 10.7. The van der Waals surface area contributed by atoms with Crippen LogP contribution in [0.3, 0.4) is 0 Å². The molecule has 2 heteroatoms. The topological polar surface area (TPSA) is 3.24 Å². The zero-order chi connectivity index (χ0) is 21.8. The number of anilines is 3. The molecule has 0 amide bonds. The Balaban J connectivity index is 1.64. The van der Waals surface area contributed by atoms with Gasteiger partial charge >= 0.3 is 0 Å². The minimum atomic E-state index is 1.08. The highest BCUT2D eigenvalue weighted by atomic mass is 79.9. The maximum Gasteiger partial charge on any atom is 0.0467 e. The van der Waals surface area contributed by atoms with Gasteiger partial charge in [0.1, 0.15) is 0 Å². The molecule has 5 aromatic rings. The summed E-state index contributed by atoms with van der Waals surface area (Å²) in [4.78, 5) is 2.30. The molecule has 0 saturated heterocycles. The molecule has 0 aliphatic rings. The zero-order valence-corrected chi connectivity index (χ0v) is 19.1. The molecule has 0 atom stereocenters. The standard InChI is InChI=1S/C30H22BrN/c31-25-13-9-11-23(21-25)29-19-7-8-20-30(29)24-12-10-18-28(22-24)32(26-14-3-1-4-15-26)27-16-5-2-6-17-27/h1-22H. The van der Waals surface area contributed by atoms with E-state index in [2.05, 4.69) is 154 Å². The van der Waals surface area contributed by atoms with E-state index < -0.39 is 0 Å². The number of halogens is 1. The van der Waals surface area contributed by atoms with E-state index in [-0.39, 0.29) is 0 Å². The Morgan fingerprint density at radius 2 is 0.875 bits per heavy atom. The first kappa shape index (κ1) is 20.3. The lowest BCUT2D eigenvalue weighted by atomic mass is 9.94. The summed E-state index contributed by atoms with van der Waals surface area (Å²) in [6, 6.07) is 46.9. The van der Waals surface area contributed by atoms with Gasteiger partial charge in [0.25, 0.3) is 0 Å². The van der Waals surface area contributed by atoms with Crippen molar-refractivity contribution >= 4 is 33.0 Å². The molecular formula is C30H22BrN. The maximum atomic E-state index is 3.62. The highest BCUT2D eigenvalue weighted by Gasteiger charge is 2.14. The smallest absolute Gasteiger partial charge is 0.0467 e. The summed E-state index contributed by atoms with van der Waals surface area (Å²) >= 11 is 3.62. The number of para-hydroxylation sites is 2. The Labute approximate surface area is 197 Å². The normalized spacial score (nSPS) is 10.7. The van der Waals surface area contributed by atoms with Crippen molar-refractivity contribution in [1.29, 1.82) is 0 Å². The van der Waals surface area contributed by atoms with E-state index in [1.54, 1.807) is 0 Å². The molecule has 0 heterocycles. The fourth-order valence-corrected chi connectivity index (χ4v) is 4.46. The van der Waals surface area contributed by atoms with Crippen molar-refractivity contribution < 1.29 is 0 Å². The van der Waals surface area contributed by atoms with Gasteiger partial charge in [-0.05, 0) is 70.8 Å². The Morgan fingerprint density at radius 3 is 1.44 bits per heavy atom. The third kappa shape index (κ3) is 4.23. The van der Waals surface area contributed by atoms with Crippen LogP contribution < -0.4 is 4.90 Å². The van der Waals surface area contributed by atoms with E-state index in [9.17, 15) is 0 Å². The van der Waals surface area contributed by atoms with Crippen LogP contribution in [0.25, 0.3) is 22.3 Å². The van der Waals surface area contributed by atoms with Gasteiger partial charge in [-0.2, -0.15) is 0 Å². The molecule has 0 bridgehead atoms. The first-order valence-corrected chi connectivity index (χ1v) is 11.4. The summed E-state index contributed by atoms with van der Waals surface area (Å²) in [5.41, 5.74) is 8.22. The molecule has 0 fully saturated rings. The molecule has 0 N–H and O–H groups in total. The average molecular weight is 476 g/mol. The van der Waals surface area contributed by atoms with Crippen LogP contribution >= 0.6 is 15.9 Å². The van der Waals surface area contributed by atoms with E-state index in [1.807, 2.05) is 0 Å². The lowest BCUT2D eigenvalue weighted by Crippen LogP contribution is -2.09. The third-order valence-corrected chi connectivity index (χ3v) is 6.00. The van der Waals surface area contributed by atoms with Crippen LogP contribution in [0.5, 0.6) is 0 Å². The summed E-state index contributed by atoms with van der Waals surface area (Å²) in [5, 5.41) is 0. The van der Waals surface area contributed by atoms with E-state index in [4.69, 9.17) is 0 Å². The molecule has 0 unspecified atom stereocenters. The van der Waals surface area contributed by atoms with Gasteiger partial charge in [-0.3, -0.25) is 0 Å². The molecular weight excluding hydrogens is 454 g/mol. The SMILES string of the molecule is Brc1cccc(-c2ccccc2-c2cccc(N(c3ccccc3)c3ccccc3)c2)c1. The van der Waals surface area contributed by atoms with Gasteiger partial charge < -0.3 is 4.90 Å². The average Bonchev–Trinajstić information content (AvgIpc) is 2.86. The molecule has 0 aromatic heterocycles. The molecule has 0 radical (unpaired) electrons. The molecule has 0 spiro atoms. The summed E-state index contributed by atoms with van der Waals surface area (Å²) in [5.74, 6) is 0. The van der Waals surface area contributed by atoms with Crippen LogP contribution in [0.1, 0.15) is 0 Å². The predicted molar refractivity (Wildman–Crippen MR) is 140 cm³/mol. The maximum absolute atomic E-state index is 3.62. The molecule has 0 saturated carbocycles. The second kappa shape index (κ2) is 9.25. The second-order valence-electron chi connectivity index (χ2n) is 7.61. The van der Waals surface area contributed by atoms with E-state index in [0.29, 0.717) is 0 Å². The number of hydrogen-bond donors (Lipinski definition) is 0. The highest BCUT2D eigenvalue weighted by molar-refractivity contribution is 9.10. The predicted octanol–water partition coefficient (Wildman–Crippen LogP) is 9.25. The van der Waals surface area contributed by atoms with Crippen LogP contribution in [0.2, 0.25) is 0 Å². The van der Waals surface area contributed by atoms with Crippen molar-refractivity contribution in [2.24, 2.45) is 0 Å². The quantitative estimate of drug-likeness (QED) is 0.244. The van der Waals surface area contributed by atoms with Gasteiger partial charge in [0.15, 0.2) is 0 Å². The van der Waals surface area contributed by atoms with Crippen molar-refractivity contribution in [3.63, 3.8) is 0 Å². The Kier molecular flexibility index (Phi) is 5.87. The Hall–Kier alpha value is -3.62. The fraction of sp³-hybridized carbons (Fsp3) is 0. The van der Waals surface area contributed by atoms with Crippen LogP contribution in [-0.2, 0) is 0 Å². The summed E-state index contributed by atoms with van der Waals surface area (Å²) < 4.78 is 1.08. The lowest BCUT2D eigenvalue weighted by molar-refractivity contribution is 1.28. The van der Waals surface area contributed by atoms with Gasteiger partial charge in [-0.1, -0.05) is 101 Å².